The van der Waals surface area contributed by atoms with E-state index in [2.05, 4.69) is 6.92 Å². The van der Waals surface area contributed by atoms with Gasteiger partial charge < -0.3 is 4.90 Å². The fourth-order valence-corrected chi connectivity index (χ4v) is 3.08. The summed E-state index contributed by atoms with van der Waals surface area (Å²) in [7, 11) is -3.27. The first-order valence-electron chi connectivity index (χ1n) is 6.47. The molecule has 1 aromatic rings. The summed E-state index contributed by atoms with van der Waals surface area (Å²) in [5.41, 5.74) is 0.456. The lowest BCUT2D eigenvalue weighted by molar-refractivity contribution is 0.0683. The van der Waals surface area contributed by atoms with Gasteiger partial charge in [0.05, 0.1) is 4.90 Å². The van der Waals surface area contributed by atoms with E-state index in [1.807, 2.05) is 4.90 Å². The quantitative estimate of drug-likeness (QED) is 0.832. The van der Waals surface area contributed by atoms with Gasteiger partial charge in [0.2, 0.25) is 0 Å². The van der Waals surface area contributed by atoms with Crippen LogP contribution in [0.5, 0.6) is 0 Å². The summed E-state index contributed by atoms with van der Waals surface area (Å²) in [5.74, 6) is 0.438. The normalized spacial score (nSPS) is 20.3. The number of piperidine rings is 1. The molecule has 5 heteroatoms. The van der Waals surface area contributed by atoms with E-state index in [0.717, 1.165) is 32.2 Å². The lowest BCUT2D eigenvalue weighted by atomic mass is 9.99. The molecule has 1 fully saturated rings. The van der Waals surface area contributed by atoms with Gasteiger partial charge in [-0.1, -0.05) is 13.0 Å². The van der Waals surface area contributed by atoms with Crippen LogP contribution in [0.3, 0.4) is 0 Å². The van der Waals surface area contributed by atoms with Crippen LogP contribution in [0.1, 0.15) is 30.1 Å². The summed E-state index contributed by atoms with van der Waals surface area (Å²) in [6.45, 7) is 3.64. The summed E-state index contributed by atoms with van der Waals surface area (Å²) in [6.07, 6.45) is 3.31. The lowest BCUT2D eigenvalue weighted by Gasteiger charge is -2.31. The second-order valence-corrected chi connectivity index (χ2v) is 7.31. The summed E-state index contributed by atoms with van der Waals surface area (Å²) in [4.78, 5) is 14.4. The predicted molar refractivity (Wildman–Crippen MR) is 73.9 cm³/mol. The van der Waals surface area contributed by atoms with Crippen LogP contribution in [0, 0.1) is 5.92 Å². The zero-order valence-electron chi connectivity index (χ0n) is 11.3. The molecule has 0 aliphatic carbocycles. The van der Waals surface area contributed by atoms with E-state index in [0.29, 0.717) is 11.5 Å². The Balaban J connectivity index is 2.24. The number of nitrogens with zero attached hydrogens (tertiary/aromatic N) is 1. The van der Waals surface area contributed by atoms with Crippen LogP contribution < -0.4 is 0 Å². The molecule has 1 heterocycles. The number of rotatable bonds is 2. The molecule has 1 aliphatic heterocycles. The van der Waals surface area contributed by atoms with Crippen molar-refractivity contribution in [1.82, 2.24) is 4.90 Å². The van der Waals surface area contributed by atoms with Crippen molar-refractivity contribution in [2.75, 3.05) is 19.3 Å². The fourth-order valence-electron chi connectivity index (χ4n) is 2.42. The Bertz CT molecular complexity index is 580. The van der Waals surface area contributed by atoms with Crippen molar-refractivity contribution >= 4 is 15.7 Å². The molecule has 0 saturated carbocycles. The molecule has 19 heavy (non-hydrogen) atoms. The maximum absolute atomic E-state index is 12.4. The zero-order chi connectivity index (χ0) is 14.0. The van der Waals surface area contributed by atoms with Crippen molar-refractivity contribution in [2.45, 2.75) is 24.7 Å². The van der Waals surface area contributed by atoms with Crippen LogP contribution in [0.25, 0.3) is 0 Å². The van der Waals surface area contributed by atoms with Crippen molar-refractivity contribution in [3.63, 3.8) is 0 Å². The first kappa shape index (κ1) is 14.1. The highest BCUT2D eigenvalue weighted by Crippen LogP contribution is 2.19. The molecule has 1 aliphatic rings. The van der Waals surface area contributed by atoms with E-state index in [9.17, 15) is 13.2 Å². The van der Waals surface area contributed by atoms with Gasteiger partial charge in [-0.25, -0.2) is 8.42 Å². The number of hydrogen-bond donors (Lipinski definition) is 0. The molecular weight excluding hydrogens is 262 g/mol. The average molecular weight is 281 g/mol. The van der Waals surface area contributed by atoms with Gasteiger partial charge in [0.1, 0.15) is 0 Å². The number of likely N-dealkylation sites (tertiary alicyclic amines) is 1. The molecular formula is C14H19NO3S. The van der Waals surface area contributed by atoms with Gasteiger partial charge in [0.15, 0.2) is 9.84 Å². The standard InChI is InChI=1S/C14H19NO3S/c1-11-5-4-8-15(10-11)14(16)12-6-3-7-13(9-12)19(2,17)18/h3,6-7,9,11H,4-5,8,10H2,1-2H3. The summed E-state index contributed by atoms with van der Waals surface area (Å²) >= 11 is 0. The molecule has 104 valence electrons. The number of sulfone groups is 1. The molecule has 0 N–H and O–H groups in total. The van der Waals surface area contributed by atoms with Crippen LogP contribution in [0.4, 0.5) is 0 Å². The first-order valence-corrected chi connectivity index (χ1v) is 8.36. The molecule has 1 saturated heterocycles. The number of carbonyl (C=O) groups excluding carboxylic acids is 1. The van der Waals surface area contributed by atoms with E-state index >= 15 is 0 Å². The van der Waals surface area contributed by atoms with Crippen molar-refractivity contribution in [1.29, 1.82) is 0 Å². The van der Waals surface area contributed by atoms with Gasteiger partial charge >= 0.3 is 0 Å². The maximum atomic E-state index is 12.4. The maximum Gasteiger partial charge on any atom is 0.253 e. The topological polar surface area (TPSA) is 54.5 Å². The molecule has 0 radical (unpaired) electrons. The van der Waals surface area contributed by atoms with Crippen LogP contribution in [-0.2, 0) is 9.84 Å². The molecule has 0 bridgehead atoms. The van der Waals surface area contributed by atoms with Crippen molar-refractivity contribution in [3.05, 3.63) is 29.8 Å². The van der Waals surface area contributed by atoms with Crippen LogP contribution in [0.15, 0.2) is 29.2 Å². The first-order chi connectivity index (χ1) is 8.88. The van der Waals surface area contributed by atoms with Crippen LogP contribution in [-0.4, -0.2) is 38.6 Å². The van der Waals surface area contributed by atoms with E-state index in [4.69, 9.17) is 0 Å². The molecule has 2 rings (SSSR count). The second-order valence-electron chi connectivity index (χ2n) is 5.30. The van der Waals surface area contributed by atoms with E-state index in [1.165, 1.54) is 12.1 Å². The summed E-state index contributed by atoms with van der Waals surface area (Å²) in [6, 6.07) is 6.29. The SMILES string of the molecule is CC1CCCN(C(=O)c2cccc(S(C)(=O)=O)c2)C1. The highest BCUT2D eigenvalue weighted by Gasteiger charge is 2.22. The van der Waals surface area contributed by atoms with E-state index in [1.54, 1.807) is 12.1 Å². The van der Waals surface area contributed by atoms with Gasteiger partial charge in [0.25, 0.3) is 5.91 Å². The Morgan fingerprint density at radius 3 is 2.74 bits per heavy atom. The Kier molecular flexibility index (Phi) is 3.94. The third kappa shape index (κ3) is 3.35. The zero-order valence-corrected chi connectivity index (χ0v) is 12.1. The third-order valence-corrected chi connectivity index (χ3v) is 4.56. The highest BCUT2D eigenvalue weighted by molar-refractivity contribution is 7.90. The van der Waals surface area contributed by atoms with Crippen molar-refractivity contribution in [3.8, 4) is 0 Å². The van der Waals surface area contributed by atoms with Crippen molar-refractivity contribution in [2.24, 2.45) is 5.92 Å². The van der Waals surface area contributed by atoms with E-state index < -0.39 is 9.84 Å². The van der Waals surface area contributed by atoms with Crippen LogP contribution >= 0.6 is 0 Å². The molecule has 1 aromatic carbocycles. The van der Waals surface area contributed by atoms with E-state index in [-0.39, 0.29) is 10.8 Å². The molecule has 1 amide bonds. The largest absolute Gasteiger partial charge is 0.338 e. The molecule has 0 aromatic heterocycles. The molecule has 1 atom stereocenters. The monoisotopic (exact) mass is 281 g/mol. The fraction of sp³-hybridized carbons (Fsp3) is 0.500. The molecule has 1 unspecified atom stereocenters. The smallest absolute Gasteiger partial charge is 0.253 e. The van der Waals surface area contributed by atoms with Gasteiger partial charge in [-0.3, -0.25) is 4.79 Å². The third-order valence-electron chi connectivity index (χ3n) is 3.45. The van der Waals surface area contributed by atoms with Crippen molar-refractivity contribution < 1.29 is 13.2 Å². The lowest BCUT2D eigenvalue weighted by Crippen LogP contribution is -2.39. The second kappa shape index (κ2) is 5.33. The number of benzene rings is 1. The predicted octanol–water partition coefficient (Wildman–Crippen LogP) is 1.96. The van der Waals surface area contributed by atoms with Gasteiger partial charge in [-0.15, -0.1) is 0 Å². The molecule has 0 spiro atoms. The van der Waals surface area contributed by atoms with Gasteiger partial charge in [-0.2, -0.15) is 0 Å². The Labute approximate surface area is 114 Å². The average Bonchev–Trinajstić information content (AvgIpc) is 2.37. The highest BCUT2D eigenvalue weighted by atomic mass is 32.2. The Morgan fingerprint density at radius 1 is 1.37 bits per heavy atom. The summed E-state index contributed by atoms with van der Waals surface area (Å²) < 4.78 is 23.0. The number of hydrogen-bond acceptors (Lipinski definition) is 3. The molecule has 4 nitrogen and oxygen atoms in total. The minimum absolute atomic E-state index is 0.0722. The number of carbonyl (C=O) groups is 1. The Morgan fingerprint density at radius 2 is 2.11 bits per heavy atom. The minimum Gasteiger partial charge on any atom is -0.338 e. The Hall–Kier alpha value is -1.36. The number of amides is 1. The van der Waals surface area contributed by atoms with Gasteiger partial charge in [-0.05, 0) is 37.0 Å². The minimum atomic E-state index is -3.27. The van der Waals surface area contributed by atoms with Crippen LogP contribution in [0.2, 0.25) is 0 Å². The van der Waals surface area contributed by atoms with Gasteiger partial charge in [0, 0.05) is 24.9 Å². The summed E-state index contributed by atoms with van der Waals surface area (Å²) in [5, 5.41) is 0.